The van der Waals surface area contributed by atoms with Crippen LogP contribution >= 0.6 is 0 Å². The lowest BCUT2D eigenvalue weighted by atomic mass is 9.61. The number of allylic oxidation sites excluding steroid dienone is 5. The molecule has 0 saturated heterocycles. The molecule has 0 aromatic heterocycles. The quantitative estimate of drug-likeness (QED) is 0.310. The molecule has 5 nitrogen and oxygen atoms in total. The molecule has 0 heterocycles. The van der Waals surface area contributed by atoms with Crippen molar-refractivity contribution in [1.82, 2.24) is 0 Å². The summed E-state index contributed by atoms with van der Waals surface area (Å²) in [5.74, 6) is 1.77. The molecule has 3 aliphatic carbocycles. The smallest absolute Gasteiger partial charge is 0.390 e. The highest BCUT2D eigenvalue weighted by Crippen LogP contribution is 2.59. The summed E-state index contributed by atoms with van der Waals surface area (Å²) in [6.07, 6.45) is 16.0. The van der Waals surface area contributed by atoms with Crippen LogP contribution in [0.3, 0.4) is 0 Å². The maximum atomic E-state index is 11.1. The zero-order chi connectivity index (χ0) is 25.3. The summed E-state index contributed by atoms with van der Waals surface area (Å²) in [5, 5.41) is 10.3. The van der Waals surface area contributed by atoms with Crippen LogP contribution in [-0.2, 0) is 14.6 Å². The Morgan fingerprint density at radius 3 is 2.50 bits per heavy atom. The second-order valence-corrected chi connectivity index (χ2v) is 12.8. The summed E-state index contributed by atoms with van der Waals surface area (Å²) in [6.45, 7) is 14.8. The summed E-state index contributed by atoms with van der Waals surface area (Å²) < 4.78 is 36.2. The first kappa shape index (κ1) is 27.4. The molecule has 0 bridgehead atoms. The van der Waals surface area contributed by atoms with E-state index in [1.807, 2.05) is 13.8 Å². The van der Waals surface area contributed by atoms with E-state index in [2.05, 4.69) is 51.7 Å². The Bertz CT molecular complexity index is 952. The van der Waals surface area contributed by atoms with Crippen LogP contribution in [0.4, 0.5) is 0 Å². The van der Waals surface area contributed by atoms with E-state index in [1.165, 1.54) is 31.3 Å². The van der Waals surface area contributed by atoms with E-state index in [1.54, 1.807) is 0 Å². The van der Waals surface area contributed by atoms with Crippen LogP contribution in [0.2, 0.25) is 0 Å². The van der Waals surface area contributed by atoms with Crippen LogP contribution in [0.5, 0.6) is 0 Å². The molecule has 3 fully saturated rings. The highest BCUT2D eigenvalue weighted by molar-refractivity contribution is 7.80. The van der Waals surface area contributed by atoms with Gasteiger partial charge < -0.3 is 5.11 Å². The molecule has 0 aromatic rings. The van der Waals surface area contributed by atoms with Gasteiger partial charge in [0.25, 0.3) is 0 Å². The second kappa shape index (κ2) is 10.4. The maximum absolute atomic E-state index is 11.1. The Morgan fingerprint density at radius 1 is 1.15 bits per heavy atom. The minimum Gasteiger partial charge on any atom is -0.390 e. The third kappa shape index (κ3) is 6.51. The molecule has 6 heteroatoms. The van der Waals surface area contributed by atoms with Crippen molar-refractivity contribution in [2.24, 2.45) is 29.1 Å². The maximum Gasteiger partial charge on any atom is 0.397 e. The highest BCUT2D eigenvalue weighted by atomic mass is 32.3. The van der Waals surface area contributed by atoms with Gasteiger partial charge >= 0.3 is 10.4 Å². The van der Waals surface area contributed by atoms with Crippen LogP contribution in [0.1, 0.15) is 86.0 Å². The summed E-state index contributed by atoms with van der Waals surface area (Å²) in [4.78, 5) is 0. The highest BCUT2D eigenvalue weighted by Gasteiger charge is 2.50. The van der Waals surface area contributed by atoms with E-state index in [4.69, 9.17) is 8.74 Å². The molecule has 6 atom stereocenters. The summed E-state index contributed by atoms with van der Waals surface area (Å²) in [7, 11) is -4.44. The first-order valence-corrected chi connectivity index (χ1v) is 14.2. The molecule has 34 heavy (non-hydrogen) atoms. The largest absolute Gasteiger partial charge is 0.397 e. The SMILES string of the molecule is C=C1CC[C@H](OS(=O)(=O)O)C/C1=C/C=C1\CCC[C@]2(C)[C@@H]([C@H](C)/C=C/[C@H](C)C(C)(C)O)CC[C@@H]12. The van der Waals surface area contributed by atoms with E-state index < -0.39 is 22.1 Å². The minimum absolute atomic E-state index is 0.116. The summed E-state index contributed by atoms with van der Waals surface area (Å²) in [5.41, 5.74) is 3.10. The van der Waals surface area contributed by atoms with Gasteiger partial charge in [-0.05, 0) is 87.5 Å². The lowest BCUT2D eigenvalue weighted by Crippen LogP contribution is -2.35. The Kier molecular flexibility index (Phi) is 8.39. The molecule has 3 aliphatic rings. The van der Waals surface area contributed by atoms with Gasteiger partial charge in [-0.1, -0.05) is 62.8 Å². The molecule has 0 aliphatic heterocycles. The van der Waals surface area contributed by atoms with Gasteiger partial charge in [-0.25, -0.2) is 4.18 Å². The molecule has 0 radical (unpaired) electrons. The lowest BCUT2D eigenvalue weighted by Gasteiger charge is -2.44. The van der Waals surface area contributed by atoms with Crippen molar-refractivity contribution in [3.63, 3.8) is 0 Å². The van der Waals surface area contributed by atoms with Crippen molar-refractivity contribution in [2.45, 2.75) is 97.7 Å². The van der Waals surface area contributed by atoms with Crippen molar-refractivity contribution >= 4 is 10.4 Å². The standard InChI is InChI=1S/C28H44O5S/c1-19-10-14-24(33-34(30,31)32)18-23(19)13-12-22-8-7-17-28(6)25(15-16-26(22)28)20(2)9-11-21(3)27(4,5)29/h9,11-13,20-21,24-26,29H,1,7-8,10,14-18H2,2-6H3,(H,30,31,32)/b11-9+,22-12+,23-13-/t20-,21+,24+,25-,26+,28-/m1/s1. The van der Waals surface area contributed by atoms with Gasteiger partial charge in [-0.3, -0.25) is 4.55 Å². The van der Waals surface area contributed by atoms with E-state index in [0.29, 0.717) is 37.0 Å². The van der Waals surface area contributed by atoms with E-state index in [-0.39, 0.29) is 11.3 Å². The first-order chi connectivity index (χ1) is 15.7. The summed E-state index contributed by atoms with van der Waals surface area (Å²) >= 11 is 0. The zero-order valence-electron chi connectivity index (χ0n) is 21.6. The molecule has 2 N–H and O–H groups in total. The van der Waals surface area contributed by atoms with Crippen LogP contribution in [0, 0.1) is 29.1 Å². The van der Waals surface area contributed by atoms with E-state index in [9.17, 15) is 13.5 Å². The fourth-order valence-corrected chi connectivity index (χ4v) is 7.00. The van der Waals surface area contributed by atoms with Crippen LogP contribution < -0.4 is 0 Å². The zero-order valence-corrected chi connectivity index (χ0v) is 22.4. The Hall–Kier alpha value is -1.21. The predicted octanol–water partition coefficient (Wildman–Crippen LogP) is 6.58. The Balaban J connectivity index is 1.75. The van der Waals surface area contributed by atoms with Crippen LogP contribution in [0.15, 0.2) is 47.6 Å². The van der Waals surface area contributed by atoms with Crippen molar-refractivity contribution < 1.29 is 22.3 Å². The average Bonchev–Trinajstić information content (AvgIpc) is 3.08. The van der Waals surface area contributed by atoms with Gasteiger partial charge in [-0.2, -0.15) is 8.42 Å². The molecule has 3 saturated carbocycles. The predicted molar refractivity (Wildman–Crippen MR) is 138 cm³/mol. The third-order valence-corrected chi connectivity index (χ3v) is 9.43. The van der Waals surface area contributed by atoms with Crippen LogP contribution in [-0.4, -0.2) is 29.8 Å². The topological polar surface area (TPSA) is 83.8 Å². The Labute approximate surface area is 207 Å². The molecule has 3 rings (SSSR count). The first-order valence-electron chi connectivity index (χ1n) is 12.8. The average molecular weight is 493 g/mol. The van der Waals surface area contributed by atoms with Gasteiger partial charge in [0, 0.05) is 12.3 Å². The summed E-state index contributed by atoms with van der Waals surface area (Å²) in [6, 6.07) is 0. The van der Waals surface area contributed by atoms with Gasteiger partial charge in [0.05, 0.1) is 11.7 Å². The molecule has 192 valence electrons. The number of rotatable bonds is 7. The fourth-order valence-electron chi connectivity index (χ4n) is 6.49. The van der Waals surface area contributed by atoms with E-state index in [0.717, 1.165) is 17.6 Å². The molecular formula is C28H44O5S. The number of fused-ring (bicyclic) bond motifs is 1. The molecule has 0 amide bonds. The lowest BCUT2D eigenvalue weighted by molar-refractivity contribution is 0.0436. The normalized spacial score (nSPS) is 35.1. The number of hydrogen-bond acceptors (Lipinski definition) is 4. The van der Waals surface area contributed by atoms with Crippen molar-refractivity contribution in [3.05, 3.63) is 47.6 Å². The molecular weight excluding hydrogens is 448 g/mol. The van der Waals surface area contributed by atoms with Gasteiger partial charge in [0.15, 0.2) is 0 Å². The molecule has 0 aromatic carbocycles. The third-order valence-electron chi connectivity index (χ3n) is 8.92. The van der Waals surface area contributed by atoms with Gasteiger partial charge in [-0.15, -0.1) is 0 Å². The molecule has 0 spiro atoms. The molecule has 0 unspecified atom stereocenters. The van der Waals surface area contributed by atoms with E-state index >= 15 is 0 Å². The van der Waals surface area contributed by atoms with Crippen molar-refractivity contribution in [3.8, 4) is 0 Å². The second-order valence-electron chi connectivity index (χ2n) is 11.7. The monoisotopic (exact) mass is 492 g/mol. The van der Waals surface area contributed by atoms with Crippen molar-refractivity contribution in [1.29, 1.82) is 0 Å². The minimum atomic E-state index is -4.44. The van der Waals surface area contributed by atoms with Crippen LogP contribution in [0.25, 0.3) is 0 Å². The fraction of sp³-hybridized carbons (Fsp3) is 0.714. The van der Waals surface area contributed by atoms with Gasteiger partial charge in [0.1, 0.15) is 0 Å². The number of aliphatic hydroxyl groups is 1. The van der Waals surface area contributed by atoms with Crippen molar-refractivity contribution in [2.75, 3.05) is 0 Å². The number of hydrogen-bond donors (Lipinski definition) is 2. The Morgan fingerprint density at radius 2 is 1.85 bits per heavy atom. The van der Waals surface area contributed by atoms with Gasteiger partial charge in [0.2, 0.25) is 0 Å².